The van der Waals surface area contributed by atoms with E-state index in [0.717, 1.165) is 31.3 Å². The third-order valence-electron chi connectivity index (χ3n) is 4.54. The lowest BCUT2D eigenvalue weighted by Crippen LogP contribution is -2.37. The van der Waals surface area contributed by atoms with E-state index < -0.39 is 0 Å². The molecule has 0 aromatic heterocycles. The molecule has 3 heteroatoms. The quantitative estimate of drug-likeness (QED) is 0.423. The highest BCUT2D eigenvalue weighted by molar-refractivity contribution is 6.32. The summed E-state index contributed by atoms with van der Waals surface area (Å²) in [6.45, 7) is 6.96. The first-order chi connectivity index (χ1) is 11.5. The van der Waals surface area contributed by atoms with Crippen molar-refractivity contribution in [3.63, 3.8) is 0 Å². The predicted octanol–water partition coefficient (Wildman–Crippen LogP) is 3.34. The van der Waals surface area contributed by atoms with Gasteiger partial charge in [-0.1, -0.05) is 66.1 Å². The molecule has 0 aliphatic carbocycles. The first-order valence-corrected chi connectivity index (χ1v) is 8.59. The second kappa shape index (κ2) is 8.86. The van der Waals surface area contributed by atoms with Gasteiger partial charge in [0.1, 0.15) is 7.85 Å². The smallest absolute Gasteiger partial charge is 0.113 e. The zero-order chi connectivity index (χ0) is 17.4. The first-order valence-electron chi connectivity index (χ1n) is 8.59. The lowest BCUT2D eigenvalue weighted by molar-refractivity contribution is 0.389. The maximum Gasteiger partial charge on any atom is 0.113 e. The number of nitrogens with one attached hydrogen (secondary N) is 1. The van der Waals surface area contributed by atoms with Gasteiger partial charge in [0, 0.05) is 11.6 Å². The Hall–Kier alpha value is -1.84. The van der Waals surface area contributed by atoms with Gasteiger partial charge >= 0.3 is 0 Å². The lowest BCUT2D eigenvalue weighted by atomic mass is 9.83. The summed E-state index contributed by atoms with van der Waals surface area (Å²) in [7, 11) is 5.74. The molecule has 124 valence electrons. The third kappa shape index (κ3) is 5.08. The van der Waals surface area contributed by atoms with Crippen molar-refractivity contribution in [3.05, 3.63) is 78.4 Å². The van der Waals surface area contributed by atoms with E-state index >= 15 is 0 Å². The number of hydrogen-bond acceptors (Lipinski definition) is 2. The Balaban J connectivity index is 1.87. The lowest BCUT2D eigenvalue weighted by Gasteiger charge is -2.29. The van der Waals surface area contributed by atoms with E-state index in [0.29, 0.717) is 6.04 Å². The standard InChI is InChI=1S/C21H27BN2/c1-3-14-21(23,19-8-5-4-6-9-19)15-7-16-24-17(2)18-10-12-20(22)13-11-18/h3-6,8-13,17,24H,1,7,14-16,23H2,2H3/t17-,21?/m0/s1. The highest BCUT2D eigenvalue weighted by Crippen LogP contribution is 2.27. The molecule has 0 heterocycles. The van der Waals surface area contributed by atoms with Crippen molar-refractivity contribution >= 4 is 13.3 Å². The molecule has 2 aromatic carbocycles. The van der Waals surface area contributed by atoms with Crippen molar-refractivity contribution in [1.29, 1.82) is 0 Å². The zero-order valence-corrected chi connectivity index (χ0v) is 14.5. The minimum atomic E-state index is -0.338. The summed E-state index contributed by atoms with van der Waals surface area (Å²) in [5.41, 5.74) is 9.55. The summed E-state index contributed by atoms with van der Waals surface area (Å²) in [6, 6.07) is 18.6. The molecule has 0 spiro atoms. The summed E-state index contributed by atoms with van der Waals surface area (Å²) in [5.74, 6) is 0. The van der Waals surface area contributed by atoms with E-state index in [1.807, 2.05) is 36.4 Å². The van der Waals surface area contributed by atoms with Crippen LogP contribution in [0.3, 0.4) is 0 Å². The van der Waals surface area contributed by atoms with Crippen molar-refractivity contribution in [2.45, 2.75) is 37.8 Å². The Morgan fingerprint density at radius 1 is 1.17 bits per heavy atom. The molecule has 2 rings (SSSR count). The Kier molecular flexibility index (Phi) is 6.83. The van der Waals surface area contributed by atoms with E-state index in [4.69, 9.17) is 13.6 Å². The number of rotatable bonds is 9. The van der Waals surface area contributed by atoms with Crippen LogP contribution in [0.1, 0.15) is 43.4 Å². The molecule has 3 N–H and O–H groups in total. The second-order valence-electron chi connectivity index (χ2n) is 6.46. The molecule has 2 aromatic rings. The van der Waals surface area contributed by atoms with Gasteiger partial charge in [-0.25, -0.2) is 0 Å². The van der Waals surface area contributed by atoms with Gasteiger partial charge in [0.2, 0.25) is 0 Å². The van der Waals surface area contributed by atoms with Crippen LogP contribution >= 0.6 is 0 Å². The number of hydrogen-bond donors (Lipinski definition) is 2. The van der Waals surface area contributed by atoms with Gasteiger partial charge in [0.05, 0.1) is 0 Å². The summed E-state index contributed by atoms with van der Waals surface area (Å²) < 4.78 is 0. The molecule has 0 fully saturated rings. The maximum atomic E-state index is 6.66. The molecule has 2 atom stereocenters. The molecule has 0 saturated heterocycles. The van der Waals surface area contributed by atoms with Gasteiger partial charge in [-0.3, -0.25) is 0 Å². The Morgan fingerprint density at radius 3 is 2.46 bits per heavy atom. The summed E-state index contributed by atoms with van der Waals surface area (Å²) in [6.07, 6.45) is 4.63. The van der Waals surface area contributed by atoms with Gasteiger partial charge in [-0.05, 0) is 43.9 Å². The van der Waals surface area contributed by atoms with Crippen LogP contribution in [-0.2, 0) is 5.54 Å². The van der Waals surface area contributed by atoms with E-state index in [2.05, 4.69) is 43.1 Å². The predicted molar refractivity (Wildman–Crippen MR) is 105 cm³/mol. The Labute approximate surface area is 147 Å². The molecule has 0 aliphatic rings. The van der Waals surface area contributed by atoms with Crippen molar-refractivity contribution < 1.29 is 0 Å². The van der Waals surface area contributed by atoms with Crippen LogP contribution in [0.4, 0.5) is 0 Å². The van der Waals surface area contributed by atoms with Crippen LogP contribution < -0.4 is 16.5 Å². The van der Waals surface area contributed by atoms with Gasteiger partial charge in [0.15, 0.2) is 0 Å². The zero-order valence-electron chi connectivity index (χ0n) is 14.5. The SMILES string of the molecule is [B]c1ccc([C@H](C)NCCCC(N)(CC=C)c2ccccc2)cc1. The molecular weight excluding hydrogens is 291 g/mol. The van der Waals surface area contributed by atoms with Gasteiger partial charge in [-0.15, -0.1) is 6.58 Å². The van der Waals surface area contributed by atoms with Crippen LogP contribution in [-0.4, -0.2) is 14.4 Å². The van der Waals surface area contributed by atoms with Crippen molar-refractivity contribution in [1.82, 2.24) is 5.32 Å². The fourth-order valence-electron chi connectivity index (χ4n) is 3.02. The summed E-state index contributed by atoms with van der Waals surface area (Å²) in [4.78, 5) is 0. The molecule has 0 bridgehead atoms. The van der Waals surface area contributed by atoms with E-state index in [9.17, 15) is 0 Å². The summed E-state index contributed by atoms with van der Waals surface area (Å²) in [5, 5.41) is 3.56. The van der Waals surface area contributed by atoms with Gasteiger partial charge in [0.25, 0.3) is 0 Å². The number of benzene rings is 2. The average molecular weight is 318 g/mol. The van der Waals surface area contributed by atoms with Crippen molar-refractivity contribution in [2.75, 3.05) is 6.54 Å². The fraction of sp³-hybridized carbons (Fsp3) is 0.333. The molecule has 24 heavy (non-hydrogen) atoms. The highest BCUT2D eigenvalue weighted by Gasteiger charge is 2.25. The Morgan fingerprint density at radius 2 is 1.83 bits per heavy atom. The summed E-state index contributed by atoms with van der Waals surface area (Å²) >= 11 is 0. The first kappa shape index (κ1) is 18.5. The molecule has 0 aliphatic heterocycles. The van der Waals surface area contributed by atoms with Crippen LogP contribution in [0.5, 0.6) is 0 Å². The van der Waals surface area contributed by atoms with E-state index in [1.165, 1.54) is 11.1 Å². The minimum absolute atomic E-state index is 0.300. The van der Waals surface area contributed by atoms with Gasteiger partial charge < -0.3 is 11.1 Å². The highest BCUT2D eigenvalue weighted by atomic mass is 14.9. The molecule has 0 amide bonds. The van der Waals surface area contributed by atoms with Gasteiger partial charge in [-0.2, -0.15) is 0 Å². The maximum absolute atomic E-state index is 6.66. The number of nitrogens with two attached hydrogens (primary N) is 1. The topological polar surface area (TPSA) is 38.0 Å². The molecule has 2 radical (unpaired) electrons. The van der Waals surface area contributed by atoms with Crippen LogP contribution in [0.25, 0.3) is 0 Å². The molecular formula is C21H27BN2. The third-order valence-corrected chi connectivity index (χ3v) is 4.54. The van der Waals surface area contributed by atoms with Crippen LogP contribution in [0.15, 0.2) is 67.3 Å². The largest absolute Gasteiger partial charge is 0.321 e. The van der Waals surface area contributed by atoms with E-state index in [-0.39, 0.29) is 5.54 Å². The van der Waals surface area contributed by atoms with Crippen LogP contribution in [0, 0.1) is 0 Å². The normalized spacial score (nSPS) is 14.8. The molecule has 2 nitrogen and oxygen atoms in total. The second-order valence-corrected chi connectivity index (χ2v) is 6.46. The monoisotopic (exact) mass is 318 g/mol. The van der Waals surface area contributed by atoms with Crippen molar-refractivity contribution in [2.24, 2.45) is 5.73 Å². The Bertz CT molecular complexity index is 624. The van der Waals surface area contributed by atoms with E-state index in [1.54, 1.807) is 0 Å². The average Bonchev–Trinajstić information content (AvgIpc) is 2.60. The molecule has 1 unspecified atom stereocenters. The minimum Gasteiger partial charge on any atom is -0.321 e. The van der Waals surface area contributed by atoms with Crippen molar-refractivity contribution in [3.8, 4) is 0 Å². The molecule has 0 saturated carbocycles. The van der Waals surface area contributed by atoms with Crippen LogP contribution in [0.2, 0.25) is 0 Å². The fourth-order valence-corrected chi connectivity index (χ4v) is 3.02.